The highest BCUT2D eigenvalue weighted by molar-refractivity contribution is 5.77. The maximum Gasteiger partial charge on any atom is 0.335 e. The molecule has 1 aliphatic rings. The number of hydrogen-bond donors (Lipinski definition) is 2. The van der Waals surface area contributed by atoms with Crippen LogP contribution in [0.1, 0.15) is 33.1 Å². The lowest BCUT2D eigenvalue weighted by Gasteiger charge is -2.20. The molecule has 0 bridgehead atoms. The summed E-state index contributed by atoms with van der Waals surface area (Å²) in [6.07, 6.45) is 1.54. The molecule has 3 heteroatoms. The average Bonchev–Trinajstić information content (AvgIpc) is 2.08. The van der Waals surface area contributed by atoms with Crippen molar-refractivity contribution in [2.45, 2.75) is 38.7 Å². The maximum atomic E-state index is 10.6. The van der Waals surface area contributed by atoms with Gasteiger partial charge in [-0.05, 0) is 24.7 Å². The Balaban J connectivity index is 2.73. The second-order valence-electron chi connectivity index (χ2n) is 4.18. The fourth-order valence-corrected chi connectivity index (χ4v) is 1.70. The minimum Gasteiger partial charge on any atom is -0.479 e. The van der Waals surface area contributed by atoms with Gasteiger partial charge in [-0.25, -0.2) is 4.79 Å². The third-order valence-corrected chi connectivity index (χ3v) is 2.38. The van der Waals surface area contributed by atoms with Crippen molar-refractivity contribution in [3.05, 3.63) is 0 Å². The van der Waals surface area contributed by atoms with E-state index in [0.29, 0.717) is 12.8 Å². The molecule has 2 N–H and O–H groups in total. The summed E-state index contributed by atoms with van der Waals surface area (Å²) in [5.41, 5.74) is -1.48. The summed E-state index contributed by atoms with van der Waals surface area (Å²) in [6, 6.07) is 0. The van der Waals surface area contributed by atoms with Crippen LogP contribution < -0.4 is 0 Å². The van der Waals surface area contributed by atoms with E-state index in [1.54, 1.807) is 0 Å². The van der Waals surface area contributed by atoms with Crippen molar-refractivity contribution in [1.29, 1.82) is 0 Å². The monoisotopic (exact) mass is 158 g/mol. The Morgan fingerprint density at radius 1 is 1.36 bits per heavy atom. The number of aliphatic hydroxyl groups is 1. The van der Waals surface area contributed by atoms with Crippen molar-refractivity contribution in [3.63, 3.8) is 0 Å². The Morgan fingerprint density at radius 3 is 2.09 bits per heavy atom. The first-order valence-electron chi connectivity index (χ1n) is 3.82. The molecule has 0 saturated heterocycles. The SMILES string of the molecule is CC1(C)CCC(O)(C(=O)O)C1. The number of rotatable bonds is 1. The van der Waals surface area contributed by atoms with Gasteiger partial charge in [-0.15, -0.1) is 0 Å². The van der Waals surface area contributed by atoms with E-state index in [9.17, 15) is 9.90 Å². The van der Waals surface area contributed by atoms with Crippen molar-refractivity contribution in [1.82, 2.24) is 0 Å². The first-order chi connectivity index (χ1) is 4.86. The normalized spacial score (nSPS) is 35.5. The van der Waals surface area contributed by atoms with Gasteiger partial charge < -0.3 is 10.2 Å². The van der Waals surface area contributed by atoms with Gasteiger partial charge in [-0.2, -0.15) is 0 Å². The zero-order valence-electron chi connectivity index (χ0n) is 6.92. The van der Waals surface area contributed by atoms with Crippen LogP contribution in [-0.4, -0.2) is 21.8 Å². The van der Waals surface area contributed by atoms with Gasteiger partial charge in [0.1, 0.15) is 0 Å². The lowest BCUT2D eigenvalue weighted by atomic mass is 9.89. The van der Waals surface area contributed by atoms with Gasteiger partial charge in [-0.1, -0.05) is 13.8 Å². The van der Waals surface area contributed by atoms with Crippen LogP contribution in [0, 0.1) is 5.41 Å². The predicted molar refractivity (Wildman–Crippen MR) is 40.2 cm³/mol. The van der Waals surface area contributed by atoms with Crippen LogP contribution in [0.5, 0.6) is 0 Å². The van der Waals surface area contributed by atoms with Crippen LogP contribution in [0.2, 0.25) is 0 Å². The van der Waals surface area contributed by atoms with Crippen molar-refractivity contribution < 1.29 is 15.0 Å². The summed E-state index contributed by atoms with van der Waals surface area (Å²) in [5.74, 6) is -1.08. The molecule has 1 fully saturated rings. The van der Waals surface area contributed by atoms with Crippen LogP contribution in [0.25, 0.3) is 0 Å². The highest BCUT2D eigenvalue weighted by atomic mass is 16.4. The Bertz CT molecular complexity index is 186. The quantitative estimate of drug-likeness (QED) is 0.598. The summed E-state index contributed by atoms with van der Waals surface area (Å²) >= 11 is 0. The molecule has 1 unspecified atom stereocenters. The van der Waals surface area contributed by atoms with Crippen molar-refractivity contribution >= 4 is 5.97 Å². The van der Waals surface area contributed by atoms with E-state index in [1.807, 2.05) is 13.8 Å². The Kier molecular flexibility index (Phi) is 1.71. The molecule has 1 saturated carbocycles. The molecule has 0 aromatic rings. The third-order valence-electron chi connectivity index (χ3n) is 2.38. The zero-order valence-corrected chi connectivity index (χ0v) is 6.92. The Morgan fingerprint density at radius 2 is 1.91 bits per heavy atom. The summed E-state index contributed by atoms with van der Waals surface area (Å²) in [4.78, 5) is 10.6. The molecule has 64 valence electrons. The van der Waals surface area contributed by atoms with Gasteiger partial charge in [0.25, 0.3) is 0 Å². The average molecular weight is 158 g/mol. The summed E-state index contributed by atoms with van der Waals surface area (Å²) in [6.45, 7) is 3.96. The highest BCUT2D eigenvalue weighted by Gasteiger charge is 2.47. The topological polar surface area (TPSA) is 57.5 Å². The standard InChI is InChI=1S/C8H14O3/c1-7(2)3-4-8(11,5-7)6(9)10/h11H,3-5H2,1-2H3,(H,9,10). The molecule has 11 heavy (non-hydrogen) atoms. The molecule has 1 aliphatic carbocycles. The molecule has 0 amide bonds. The van der Waals surface area contributed by atoms with E-state index < -0.39 is 11.6 Å². The molecular weight excluding hydrogens is 144 g/mol. The zero-order chi connectivity index (χ0) is 8.70. The molecule has 1 atom stereocenters. The second kappa shape index (κ2) is 2.21. The molecule has 3 nitrogen and oxygen atoms in total. The number of carboxylic acid groups (broad SMARTS) is 1. The van der Waals surface area contributed by atoms with Crippen LogP contribution in [-0.2, 0) is 4.79 Å². The lowest BCUT2D eigenvalue weighted by molar-refractivity contribution is -0.158. The largest absolute Gasteiger partial charge is 0.479 e. The predicted octanol–water partition coefficient (Wildman–Crippen LogP) is 1.01. The van der Waals surface area contributed by atoms with Crippen LogP contribution in [0.3, 0.4) is 0 Å². The van der Waals surface area contributed by atoms with E-state index in [4.69, 9.17) is 5.11 Å². The van der Waals surface area contributed by atoms with E-state index in [1.165, 1.54) is 0 Å². The molecule has 1 rings (SSSR count). The minimum absolute atomic E-state index is 0.0207. The molecule has 0 spiro atoms. The van der Waals surface area contributed by atoms with Gasteiger partial charge in [0, 0.05) is 0 Å². The van der Waals surface area contributed by atoms with Crippen molar-refractivity contribution in [3.8, 4) is 0 Å². The molecule has 0 heterocycles. The van der Waals surface area contributed by atoms with Gasteiger partial charge in [0.15, 0.2) is 5.60 Å². The smallest absolute Gasteiger partial charge is 0.335 e. The maximum absolute atomic E-state index is 10.6. The van der Waals surface area contributed by atoms with Gasteiger partial charge in [-0.3, -0.25) is 0 Å². The number of carboxylic acids is 1. The van der Waals surface area contributed by atoms with Crippen LogP contribution in [0.15, 0.2) is 0 Å². The third kappa shape index (κ3) is 1.53. The van der Waals surface area contributed by atoms with E-state index in [2.05, 4.69) is 0 Å². The first kappa shape index (κ1) is 8.53. The highest BCUT2D eigenvalue weighted by Crippen LogP contribution is 2.43. The van der Waals surface area contributed by atoms with E-state index in [-0.39, 0.29) is 5.41 Å². The van der Waals surface area contributed by atoms with Crippen LogP contribution >= 0.6 is 0 Å². The Hall–Kier alpha value is -0.570. The molecule has 0 aromatic heterocycles. The minimum atomic E-state index is -1.45. The Labute approximate surface area is 66.0 Å². The molecular formula is C8H14O3. The summed E-state index contributed by atoms with van der Waals surface area (Å²) in [5, 5.41) is 18.2. The van der Waals surface area contributed by atoms with Crippen molar-refractivity contribution in [2.75, 3.05) is 0 Å². The second-order valence-corrected chi connectivity index (χ2v) is 4.18. The first-order valence-corrected chi connectivity index (χ1v) is 3.82. The number of carbonyl (C=O) groups is 1. The lowest BCUT2D eigenvalue weighted by Crippen LogP contribution is -2.36. The number of aliphatic carboxylic acids is 1. The van der Waals surface area contributed by atoms with E-state index in [0.717, 1.165) is 6.42 Å². The number of hydrogen-bond acceptors (Lipinski definition) is 2. The molecule has 0 aliphatic heterocycles. The van der Waals surface area contributed by atoms with Gasteiger partial charge in [0.05, 0.1) is 0 Å². The van der Waals surface area contributed by atoms with Crippen LogP contribution in [0.4, 0.5) is 0 Å². The van der Waals surface area contributed by atoms with Gasteiger partial charge in [0.2, 0.25) is 0 Å². The van der Waals surface area contributed by atoms with Crippen molar-refractivity contribution in [2.24, 2.45) is 5.41 Å². The van der Waals surface area contributed by atoms with Gasteiger partial charge >= 0.3 is 5.97 Å². The summed E-state index contributed by atoms with van der Waals surface area (Å²) < 4.78 is 0. The molecule has 0 radical (unpaired) electrons. The molecule has 0 aromatic carbocycles. The fourth-order valence-electron chi connectivity index (χ4n) is 1.70. The summed E-state index contributed by atoms with van der Waals surface area (Å²) in [7, 11) is 0. The van der Waals surface area contributed by atoms with E-state index >= 15 is 0 Å². The fraction of sp³-hybridized carbons (Fsp3) is 0.875.